The van der Waals surface area contributed by atoms with Gasteiger partial charge in [-0.15, -0.1) is 11.3 Å². The molecule has 5 heteroatoms. The summed E-state index contributed by atoms with van der Waals surface area (Å²) in [6.45, 7) is 4.19. The lowest BCUT2D eigenvalue weighted by molar-refractivity contribution is 0.0926. The number of amides is 1. The average molecular weight is 319 g/mol. The average Bonchev–Trinajstić information content (AvgIpc) is 3.05. The van der Waals surface area contributed by atoms with Gasteiger partial charge in [0.05, 0.1) is 20.3 Å². The molecule has 0 bridgehead atoms. The number of hydrogen-bond acceptors (Lipinski definition) is 4. The summed E-state index contributed by atoms with van der Waals surface area (Å²) in [5.41, 5.74) is 0.555. The zero-order valence-corrected chi connectivity index (χ0v) is 14.1. The maximum absolute atomic E-state index is 12.5. The van der Waals surface area contributed by atoms with Gasteiger partial charge >= 0.3 is 0 Å². The van der Waals surface area contributed by atoms with Gasteiger partial charge in [0.1, 0.15) is 0 Å². The van der Waals surface area contributed by atoms with E-state index in [0.717, 1.165) is 4.88 Å². The molecule has 2 rings (SSSR count). The minimum atomic E-state index is -0.118. The quantitative estimate of drug-likeness (QED) is 0.878. The second-order valence-corrected chi connectivity index (χ2v) is 6.26. The van der Waals surface area contributed by atoms with Crippen LogP contribution in [0.25, 0.3) is 0 Å². The normalized spacial score (nSPS) is 12.0. The highest BCUT2D eigenvalue weighted by Gasteiger charge is 2.20. The van der Waals surface area contributed by atoms with Crippen molar-refractivity contribution < 1.29 is 14.3 Å². The second-order valence-electron chi connectivity index (χ2n) is 5.28. The van der Waals surface area contributed by atoms with E-state index >= 15 is 0 Å². The van der Waals surface area contributed by atoms with E-state index in [1.807, 2.05) is 17.5 Å². The largest absolute Gasteiger partial charge is 0.493 e. The van der Waals surface area contributed by atoms with Gasteiger partial charge in [-0.2, -0.15) is 0 Å². The Morgan fingerprint density at radius 3 is 2.41 bits per heavy atom. The monoisotopic (exact) mass is 319 g/mol. The van der Waals surface area contributed by atoms with Crippen LogP contribution >= 0.6 is 11.3 Å². The van der Waals surface area contributed by atoms with Crippen molar-refractivity contribution in [2.75, 3.05) is 14.2 Å². The van der Waals surface area contributed by atoms with Crippen LogP contribution in [-0.4, -0.2) is 20.1 Å². The number of benzene rings is 1. The summed E-state index contributed by atoms with van der Waals surface area (Å²) in [6.07, 6.45) is 0. The van der Waals surface area contributed by atoms with Gasteiger partial charge in [0, 0.05) is 10.4 Å². The molecule has 0 saturated heterocycles. The van der Waals surface area contributed by atoms with Gasteiger partial charge in [-0.05, 0) is 35.6 Å². The Bertz CT molecular complexity index is 623. The first kappa shape index (κ1) is 16.4. The zero-order valence-electron chi connectivity index (χ0n) is 13.3. The molecule has 1 aromatic heterocycles. The van der Waals surface area contributed by atoms with Crippen LogP contribution in [0.15, 0.2) is 35.7 Å². The minimum Gasteiger partial charge on any atom is -0.493 e. The Hall–Kier alpha value is -2.01. The van der Waals surface area contributed by atoms with E-state index in [1.165, 1.54) is 0 Å². The van der Waals surface area contributed by atoms with E-state index in [4.69, 9.17) is 9.47 Å². The lowest BCUT2D eigenvalue weighted by Crippen LogP contribution is -2.31. The molecule has 2 aromatic rings. The van der Waals surface area contributed by atoms with Crippen LogP contribution in [0.4, 0.5) is 0 Å². The molecule has 4 nitrogen and oxygen atoms in total. The van der Waals surface area contributed by atoms with Crippen LogP contribution in [0.5, 0.6) is 11.5 Å². The molecular weight excluding hydrogens is 298 g/mol. The van der Waals surface area contributed by atoms with Crippen LogP contribution in [0, 0.1) is 5.92 Å². The Morgan fingerprint density at radius 2 is 1.86 bits per heavy atom. The SMILES string of the molecule is COc1ccc(C(=O)NC(c2cccs2)C(C)C)cc1OC. The molecular formula is C17H21NO3S. The molecule has 22 heavy (non-hydrogen) atoms. The summed E-state index contributed by atoms with van der Waals surface area (Å²) in [5.74, 6) is 1.35. The number of rotatable bonds is 6. The minimum absolute atomic E-state index is 0.000552. The Kier molecular flexibility index (Phi) is 5.44. The lowest BCUT2D eigenvalue weighted by Gasteiger charge is -2.21. The molecule has 1 amide bonds. The first-order valence-corrected chi connectivity index (χ1v) is 8.01. The zero-order chi connectivity index (χ0) is 16.1. The van der Waals surface area contributed by atoms with Crippen LogP contribution in [0.3, 0.4) is 0 Å². The highest BCUT2D eigenvalue weighted by molar-refractivity contribution is 7.10. The molecule has 1 aromatic carbocycles. The van der Waals surface area contributed by atoms with Gasteiger partial charge < -0.3 is 14.8 Å². The first-order valence-electron chi connectivity index (χ1n) is 7.13. The third-order valence-corrected chi connectivity index (χ3v) is 4.40. The van der Waals surface area contributed by atoms with E-state index in [0.29, 0.717) is 23.0 Å². The van der Waals surface area contributed by atoms with Crippen molar-refractivity contribution in [1.82, 2.24) is 5.32 Å². The topological polar surface area (TPSA) is 47.6 Å². The van der Waals surface area contributed by atoms with Crippen molar-refractivity contribution in [3.63, 3.8) is 0 Å². The number of ether oxygens (including phenoxy) is 2. The second kappa shape index (κ2) is 7.31. The van der Waals surface area contributed by atoms with Gasteiger partial charge in [-0.3, -0.25) is 4.79 Å². The number of thiophene rings is 1. The third-order valence-electron chi connectivity index (χ3n) is 3.45. The molecule has 0 aliphatic heterocycles. The van der Waals surface area contributed by atoms with E-state index in [1.54, 1.807) is 43.8 Å². The predicted molar refractivity (Wildman–Crippen MR) is 88.9 cm³/mol. The molecule has 1 N–H and O–H groups in total. The van der Waals surface area contributed by atoms with Gasteiger partial charge in [0.15, 0.2) is 11.5 Å². The maximum Gasteiger partial charge on any atom is 0.251 e. The summed E-state index contributed by atoms with van der Waals surface area (Å²) in [5, 5.41) is 5.12. The fourth-order valence-corrected chi connectivity index (χ4v) is 3.19. The molecule has 0 aliphatic rings. The number of nitrogens with one attached hydrogen (secondary N) is 1. The summed E-state index contributed by atoms with van der Waals surface area (Å²) >= 11 is 1.65. The third kappa shape index (κ3) is 3.60. The van der Waals surface area contributed by atoms with E-state index < -0.39 is 0 Å². The Labute approximate surface area is 135 Å². The highest BCUT2D eigenvalue weighted by Crippen LogP contribution is 2.29. The summed E-state index contributed by atoms with van der Waals surface area (Å²) in [6, 6.07) is 9.22. The van der Waals surface area contributed by atoms with Gasteiger partial charge in [0.2, 0.25) is 0 Å². The first-order chi connectivity index (χ1) is 10.6. The van der Waals surface area contributed by atoms with E-state index in [9.17, 15) is 4.79 Å². The van der Waals surface area contributed by atoms with Crippen molar-refractivity contribution >= 4 is 17.2 Å². The molecule has 1 atom stereocenters. The maximum atomic E-state index is 12.5. The number of carbonyl (C=O) groups is 1. The fraction of sp³-hybridized carbons (Fsp3) is 0.353. The van der Waals surface area contributed by atoms with Crippen LogP contribution < -0.4 is 14.8 Å². The molecule has 0 aliphatic carbocycles. The Morgan fingerprint density at radius 1 is 1.14 bits per heavy atom. The highest BCUT2D eigenvalue weighted by atomic mass is 32.1. The predicted octanol–water partition coefficient (Wildman–Crippen LogP) is 3.89. The molecule has 1 unspecified atom stereocenters. The van der Waals surface area contributed by atoms with Gasteiger partial charge in [0.25, 0.3) is 5.91 Å². The van der Waals surface area contributed by atoms with Crippen LogP contribution in [-0.2, 0) is 0 Å². The molecule has 118 valence electrons. The van der Waals surface area contributed by atoms with Gasteiger partial charge in [-0.1, -0.05) is 19.9 Å². The summed E-state index contributed by atoms with van der Waals surface area (Å²) in [4.78, 5) is 13.7. The van der Waals surface area contributed by atoms with Crippen LogP contribution in [0.1, 0.15) is 35.1 Å². The molecule has 0 spiro atoms. The molecule has 1 heterocycles. The summed E-state index contributed by atoms with van der Waals surface area (Å²) in [7, 11) is 3.13. The number of methoxy groups -OCH3 is 2. The van der Waals surface area contributed by atoms with Crippen molar-refractivity contribution in [3.8, 4) is 11.5 Å². The standard InChI is InChI=1S/C17H21NO3S/c1-11(2)16(15-6-5-9-22-15)18-17(19)12-7-8-13(20-3)14(10-12)21-4/h5-11,16H,1-4H3,(H,18,19). The van der Waals surface area contributed by atoms with E-state index in [-0.39, 0.29) is 11.9 Å². The number of hydrogen-bond donors (Lipinski definition) is 1. The molecule has 0 radical (unpaired) electrons. The van der Waals surface area contributed by atoms with E-state index in [2.05, 4.69) is 19.2 Å². The van der Waals surface area contributed by atoms with Crippen molar-refractivity contribution in [2.24, 2.45) is 5.92 Å². The lowest BCUT2D eigenvalue weighted by atomic mass is 10.0. The van der Waals surface area contributed by atoms with Crippen LogP contribution in [0.2, 0.25) is 0 Å². The molecule has 0 fully saturated rings. The number of carbonyl (C=O) groups excluding carboxylic acids is 1. The smallest absolute Gasteiger partial charge is 0.251 e. The van der Waals surface area contributed by atoms with Crippen molar-refractivity contribution in [1.29, 1.82) is 0 Å². The van der Waals surface area contributed by atoms with Crippen molar-refractivity contribution in [3.05, 3.63) is 46.2 Å². The Balaban J connectivity index is 2.20. The molecule has 0 saturated carbocycles. The van der Waals surface area contributed by atoms with Gasteiger partial charge in [-0.25, -0.2) is 0 Å². The van der Waals surface area contributed by atoms with Crippen molar-refractivity contribution in [2.45, 2.75) is 19.9 Å². The summed E-state index contributed by atoms with van der Waals surface area (Å²) < 4.78 is 10.4. The fourth-order valence-electron chi connectivity index (χ4n) is 2.24.